The molecule has 0 saturated heterocycles. The second-order valence-electron chi connectivity index (χ2n) is 3.99. The molecule has 0 bridgehead atoms. The average Bonchev–Trinajstić information content (AvgIpc) is 2.79. The number of carboxylic acids is 1. The number of aromatic nitrogens is 2. The summed E-state index contributed by atoms with van der Waals surface area (Å²) >= 11 is 3.29. The number of hydrogen-bond donors (Lipinski definition) is 1. The second kappa shape index (κ2) is 5.88. The molecule has 100 valence electrons. The molecule has 1 heterocycles. The van der Waals surface area contributed by atoms with Crippen molar-refractivity contribution >= 4 is 21.9 Å². The molecule has 0 atom stereocenters. The summed E-state index contributed by atoms with van der Waals surface area (Å²) in [5.41, 5.74) is 0.209. The van der Waals surface area contributed by atoms with Crippen molar-refractivity contribution in [3.8, 4) is 11.5 Å². The molecule has 2 aromatic rings. The Kier molecular flexibility index (Phi) is 4.21. The van der Waals surface area contributed by atoms with E-state index in [2.05, 4.69) is 28.0 Å². The molecule has 1 N–H and O–H groups in total. The summed E-state index contributed by atoms with van der Waals surface area (Å²) in [4.78, 5) is 10.8. The van der Waals surface area contributed by atoms with Crippen molar-refractivity contribution in [1.82, 2.24) is 9.78 Å². The Bertz CT molecular complexity index is 595. The van der Waals surface area contributed by atoms with Crippen LogP contribution >= 0.6 is 15.9 Å². The highest BCUT2D eigenvalue weighted by molar-refractivity contribution is 9.10. The minimum absolute atomic E-state index is 0.209. The number of halogens is 1. The van der Waals surface area contributed by atoms with E-state index in [-0.39, 0.29) is 5.56 Å². The molecule has 0 aliphatic rings. The Labute approximate surface area is 118 Å². The molecule has 19 heavy (non-hydrogen) atoms. The van der Waals surface area contributed by atoms with Crippen molar-refractivity contribution in [3.63, 3.8) is 0 Å². The topological polar surface area (TPSA) is 64.3 Å². The van der Waals surface area contributed by atoms with Gasteiger partial charge < -0.3 is 9.84 Å². The van der Waals surface area contributed by atoms with E-state index in [1.165, 1.54) is 12.1 Å². The zero-order valence-electron chi connectivity index (χ0n) is 10.3. The predicted molar refractivity (Wildman–Crippen MR) is 73.7 cm³/mol. The van der Waals surface area contributed by atoms with Gasteiger partial charge in [-0.05, 0) is 40.5 Å². The molecule has 0 aliphatic carbocycles. The van der Waals surface area contributed by atoms with E-state index in [0.717, 1.165) is 13.0 Å². The summed E-state index contributed by atoms with van der Waals surface area (Å²) < 4.78 is 8.04. The van der Waals surface area contributed by atoms with Gasteiger partial charge in [-0.2, -0.15) is 5.10 Å². The van der Waals surface area contributed by atoms with Gasteiger partial charge in [0.2, 0.25) is 0 Å². The Hall–Kier alpha value is -1.82. The van der Waals surface area contributed by atoms with Crippen LogP contribution in [0.1, 0.15) is 23.7 Å². The molecule has 0 aliphatic heterocycles. The monoisotopic (exact) mass is 324 g/mol. The SMILES string of the molecule is CCCn1cc(Oc2ccc(C(=O)O)cc2Br)cn1. The number of carbonyl (C=O) groups is 1. The van der Waals surface area contributed by atoms with Crippen LogP contribution in [0.2, 0.25) is 0 Å². The minimum Gasteiger partial charge on any atom is -0.478 e. The van der Waals surface area contributed by atoms with Gasteiger partial charge in [-0.3, -0.25) is 4.68 Å². The van der Waals surface area contributed by atoms with Crippen LogP contribution in [0.25, 0.3) is 0 Å². The van der Waals surface area contributed by atoms with Crippen molar-refractivity contribution in [2.24, 2.45) is 0 Å². The van der Waals surface area contributed by atoms with Crippen molar-refractivity contribution in [2.45, 2.75) is 19.9 Å². The molecule has 0 amide bonds. The summed E-state index contributed by atoms with van der Waals surface area (Å²) in [6, 6.07) is 4.62. The van der Waals surface area contributed by atoms with E-state index in [9.17, 15) is 4.79 Å². The van der Waals surface area contributed by atoms with Crippen molar-refractivity contribution in [1.29, 1.82) is 0 Å². The second-order valence-corrected chi connectivity index (χ2v) is 4.85. The Morgan fingerprint density at radius 2 is 2.32 bits per heavy atom. The molecule has 0 radical (unpaired) electrons. The van der Waals surface area contributed by atoms with Gasteiger partial charge >= 0.3 is 5.97 Å². The van der Waals surface area contributed by atoms with Crippen LogP contribution in [-0.4, -0.2) is 20.9 Å². The number of carboxylic acid groups (broad SMARTS) is 1. The molecule has 1 aromatic carbocycles. The lowest BCUT2D eigenvalue weighted by Gasteiger charge is -2.06. The number of ether oxygens (including phenoxy) is 1. The minimum atomic E-state index is -0.969. The summed E-state index contributed by atoms with van der Waals surface area (Å²) in [5, 5.41) is 13.0. The third-order valence-corrected chi connectivity index (χ3v) is 3.09. The lowest BCUT2D eigenvalue weighted by Crippen LogP contribution is -1.96. The smallest absolute Gasteiger partial charge is 0.335 e. The Morgan fingerprint density at radius 3 is 2.95 bits per heavy atom. The van der Waals surface area contributed by atoms with E-state index in [1.807, 2.05) is 0 Å². The van der Waals surface area contributed by atoms with Crippen LogP contribution in [-0.2, 0) is 6.54 Å². The molecule has 2 rings (SSSR count). The van der Waals surface area contributed by atoms with Crippen LogP contribution in [0.3, 0.4) is 0 Å². The number of aryl methyl sites for hydroxylation is 1. The van der Waals surface area contributed by atoms with Gasteiger partial charge in [0.05, 0.1) is 22.4 Å². The highest BCUT2D eigenvalue weighted by Gasteiger charge is 2.09. The average molecular weight is 325 g/mol. The molecule has 0 spiro atoms. The normalized spacial score (nSPS) is 10.4. The summed E-state index contributed by atoms with van der Waals surface area (Å²) in [7, 11) is 0. The summed E-state index contributed by atoms with van der Waals surface area (Å²) in [6.45, 7) is 2.91. The van der Waals surface area contributed by atoms with E-state index < -0.39 is 5.97 Å². The highest BCUT2D eigenvalue weighted by atomic mass is 79.9. The van der Waals surface area contributed by atoms with Gasteiger partial charge in [0.1, 0.15) is 5.75 Å². The van der Waals surface area contributed by atoms with E-state index in [0.29, 0.717) is 16.0 Å². The fourth-order valence-corrected chi connectivity index (χ4v) is 2.05. The Balaban J connectivity index is 2.16. The fraction of sp³-hybridized carbons (Fsp3) is 0.231. The molecule has 0 unspecified atom stereocenters. The van der Waals surface area contributed by atoms with Gasteiger partial charge in [-0.25, -0.2) is 4.79 Å². The third-order valence-electron chi connectivity index (χ3n) is 2.47. The largest absolute Gasteiger partial charge is 0.478 e. The number of nitrogens with zero attached hydrogens (tertiary/aromatic N) is 2. The first-order valence-corrected chi connectivity index (χ1v) is 6.62. The maximum atomic E-state index is 10.8. The van der Waals surface area contributed by atoms with Gasteiger partial charge in [0.15, 0.2) is 5.75 Å². The molecular formula is C13H13BrN2O3. The van der Waals surface area contributed by atoms with Crippen LogP contribution in [0.15, 0.2) is 35.1 Å². The van der Waals surface area contributed by atoms with Gasteiger partial charge in [-0.15, -0.1) is 0 Å². The molecule has 1 aromatic heterocycles. The van der Waals surface area contributed by atoms with Crippen molar-refractivity contribution in [2.75, 3.05) is 0 Å². The molecule has 5 nitrogen and oxygen atoms in total. The summed E-state index contributed by atoms with van der Waals surface area (Å²) in [5.74, 6) is 0.210. The number of rotatable bonds is 5. The molecule has 6 heteroatoms. The maximum Gasteiger partial charge on any atom is 0.335 e. The van der Waals surface area contributed by atoms with Crippen LogP contribution in [0, 0.1) is 0 Å². The number of aromatic carboxylic acids is 1. The lowest BCUT2D eigenvalue weighted by atomic mass is 10.2. The van der Waals surface area contributed by atoms with E-state index in [4.69, 9.17) is 9.84 Å². The first-order valence-electron chi connectivity index (χ1n) is 5.83. The Morgan fingerprint density at radius 1 is 1.53 bits per heavy atom. The quantitative estimate of drug-likeness (QED) is 0.913. The first-order chi connectivity index (χ1) is 9.10. The maximum absolute atomic E-state index is 10.8. The van der Waals surface area contributed by atoms with Gasteiger partial charge in [0.25, 0.3) is 0 Å². The van der Waals surface area contributed by atoms with Crippen molar-refractivity contribution in [3.05, 3.63) is 40.6 Å². The van der Waals surface area contributed by atoms with E-state index in [1.54, 1.807) is 23.1 Å². The highest BCUT2D eigenvalue weighted by Crippen LogP contribution is 2.30. The number of benzene rings is 1. The first kappa shape index (κ1) is 13.6. The van der Waals surface area contributed by atoms with Crippen LogP contribution in [0.4, 0.5) is 0 Å². The fourth-order valence-electron chi connectivity index (χ4n) is 1.59. The summed E-state index contributed by atoms with van der Waals surface area (Å²) in [6.07, 6.45) is 4.44. The standard InChI is InChI=1S/C13H13BrN2O3/c1-2-5-16-8-10(7-15-16)19-12-4-3-9(13(17)18)6-11(12)14/h3-4,6-8H,2,5H2,1H3,(H,17,18). The zero-order chi connectivity index (χ0) is 13.8. The zero-order valence-corrected chi connectivity index (χ0v) is 11.9. The third kappa shape index (κ3) is 3.35. The van der Waals surface area contributed by atoms with Crippen LogP contribution in [0.5, 0.6) is 11.5 Å². The molecular weight excluding hydrogens is 312 g/mol. The molecule has 0 saturated carbocycles. The van der Waals surface area contributed by atoms with Crippen LogP contribution < -0.4 is 4.74 Å². The van der Waals surface area contributed by atoms with Gasteiger partial charge in [0, 0.05) is 6.54 Å². The van der Waals surface area contributed by atoms with E-state index >= 15 is 0 Å². The van der Waals surface area contributed by atoms with Gasteiger partial charge in [-0.1, -0.05) is 6.92 Å². The predicted octanol–water partition coefficient (Wildman–Crippen LogP) is 3.55. The molecule has 0 fully saturated rings. The lowest BCUT2D eigenvalue weighted by molar-refractivity contribution is 0.0697. The van der Waals surface area contributed by atoms with Crippen molar-refractivity contribution < 1.29 is 14.6 Å². The number of hydrogen-bond acceptors (Lipinski definition) is 3.